The molecule has 0 aromatic carbocycles. The molecule has 1 aliphatic heterocycles. The third kappa shape index (κ3) is 1.07. The number of amides is 2. The highest BCUT2D eigenvalue weighted by atomic mass is 32.1. The van der Waals surface area contributed by atoms with Crippen LogP contribution in [0.1, 0.15) is 32.1 Å². The maximum absolute atomic E-state index is 12.0. The van der Waals surface area contributed by atoms with E-state index in [2.05, 4.69) is 0 Å². The van der Waals surface area contributed by atoms with Gasteiger partial charge >= 0.3 is 0 Å². The second-order valence-electron chi connectivity index (χ2n) is 5.06. The van der Waals surface area contributed by atoms with Crippen LogP contribution in [-0.4, -0.2) is 27.2 Å². The van der Waals surface area contributed by atoms with Crippen LogP contribution in [0, 0.1) is 11.8 Å². The molecule has 0 aromatic rings. The number of hydrogen-bond donors (Lipinski definition) is 1. The van der Waals surface area contributed by atoms with Crippen LogP contribution in [0.2, 0.25) is 0 Å². The van der Waals surface area contributed by atoms with Crippen LogP contribution in [-0.2, 0) is 9.59 Å². The number of fused-ring (bicyclic) bond motifs is 1. The molecule has 2 aliphatic carbocycles. The second kappa shape index (κ2) is 3.03. The first-order valence-electron chi connectivity index (χ1n) is 5.76. The summed E-state index contributed by atoms with van der Waals surface area (Å²) < 4.78 is 0. The van der Waals surface area contributed by atoms with Crippen molar-refractivity contribution in [1.29, 1.82) is 0 Å². The van der Waals surface area contributed by atoms with E-state index in [1.165, 1.54) is 4.90 Å². The van der Waals surface area contributed by atoms with Gasteiger partial charge in [-0.1, -0.05) is 25.1 Å². The first kappa shape index (κ1) is 10.2. The van der Waals surface area contributed by atoms with E-state index in [0.717, 1.165) is 32.1 Å². The van der Waals surface area contributed by atoms with Crippen molar-refractivity contribution in [1.82, 2.24) is 4.90 Å². The lowest BCUT2D eigenvalue weighted by molar-refractivity contribution is -0.145. The van der Waals surface area contributed by atoms with Crippen molar-refractivity contribution in [2.24, 2.45) is 17.6 Å². The molecular formula is C11H14N2O2S. The van der Waals surface area contributed by atoms with Gasteiger partial charge in [0.2, 0.25) is 11.8 Å². The fourth-order valence-corrected chi connectivity index (χ4v) is 3.44. The molecule has 2 atom stereocenters. The van der Waals surface area contributed by atoms with Crippen LogP contribution >= 0.6 is 12.2 Å². The number of nitrogens with two attached hydrogens (primary N) is 1. The molecule has 0 spiro atoms. The molecule has 0 radical (unpaired) electrons. The molecule has 2 saturated carbocycles. The summed E-state index contributed by atoms with van der Waals surface area (Å²) in [5.74, 6) is -0.187. The molecule has 3 fully saturated rings. The zero-order valence-corrected chi connectivity index (χ0v) is 9.76. The van der Waals surface area contributed by atoms with Crippen LogP contribution < -0.4 is 5.73 Å². The standard InChI is InChI=1S/C11H14N2O2S/c12-10(16)11(3-1-2-4-11)13-8(14)6-5-7(6)9(13)15/h6-7H,1-5H2,(H2,12,16). The lowest BCUT2D eigenvalue weighted by Gasteiger charge is -2.37. The lowest BCUT2D eigenvalue weighted by atomic mass is 9.94. The Morgan fingerprint density at radius 3 is 2.19 bits per heavy atom. The van der Waals surface area contributed by atoms with Crippen LogP contribution in [0.3, 0.4) is 0 Å². The zero-order valence-electron chi connectivity index (χ0n) is 8.94. The Balaban J connectivity index is 1.99. The SMILES string of the molecule is NC(=S)C1(N2C(=O)C3CC3C2=O)CCCC1. The summed E-state index contributed by atoms with van der Waals surface area (Å²) in [7, 11) is 0. The molecule has 2 unspecified atom stereocenters. The quantitative estimate of drug-likeness (QED) is 0.565. The minimum absolute atomic E-state index is 0.0373. The Kier molecular flexibility index (Phi) is 1.93. The number of carbonyl (C=O) groups excluding carboxylic acids is 2. The normalized spacial score (nSPS) is 35.4. The van der Waals surface area contributed by atoms with Gasteiger partial charge in [0.15, 0.2) is 0 Å². The highest BCUT2D eigenvalue weighted by Gasteiger charge is 2.64. The average Bonchev–Trinajstić information content (AvgIpc) is 2.82. The molecule has 2 N–H and O–H groups in total. The smallest absolute Gasteiger partial charge is 0.234 e. The minimum Gasteiger partial charge on any atom is -0.391 e. The van der Waals surface area contributed by atoms with Gasteiger partial charge in [0.1, 0.15) is 5.54 Å². The Morgan fingerprint density at radius 1 is 1.25 bits per heavy atom. The maximum atomic E-state index is 12.0. The molecule has 4 nitrogen and oxygen atoms in total. The van der Waals surface area contributed by atoms with Crippen molar-refractivity contribution in [3.63, 3.8) is 0 Å². The molecule has 86 valence electrons. The Bertz CT molecular complexity index is 381. The van der Waals surface area contributed by atoms with Gasteiger partial charge in [-0.2, -0.15) is 0 Å². The molecule has 2 amide bonds. The van der Waals surface area contributed by atoms with Crippen LogP contribution in [0.5, 0.6) is 0 Å². The highest BCUT2D eigenvalue weighted by molar-refractivity contribution is 7.80. The molecule has 3 aliphatic rings. The Morgan fingerprint density at radius 2 is 1.75 bits per heavy atom. The van der Waals surface area contributed by atoms with Crippen LogP contribution in [0.4, 0.5) is 0 Å². The summed E-state index contributed by atoms with van der Waals surface area (Å²) in [6.07, 6.45) is 4.22. The Hall–Kier alpha value is -0.970. The lowest BCUT2D eigenvalue weighted by Crippen LogP contribution is -2.58. The van der Waals surface area contributed by atoms with Gasteiger partial charge in [0.05, 0.1) is 16.8 Å². The zero-order chi connectivity index (χ0) is 11.5. The van der Waals surface area contributed by atoms with E-state index in [0.29, 0.717) is 4.99 Å². The number of hydrogen-bond acceptors (Lipinski definition) is 3. The molecule has 0 aromatic heterocycles. The van der Waals surface area contributed by atoms with Gasteiger partial charge in [-0.25, -0.2) is 0 Å². The van der Waals surface area contributed by atoms with E-state index < -0.39 is 5.54 Å². The molecule has 16 heavy (non-hydrogen) atoms. The summed E-state index contributed by atoms with van der Waals surface area (Å²) in [6, 6.07) is 0. The highest BCUT2D eigenvalue weighted by Crippen LogP contribution is 2.51. The molecule has 1 saturated heterocycles. The minimum atomic E-state index is -0.628. The summed E-state index contributed by atoms with van der Waals surface area (Å²) in [5.41, 5.74) is 5.15. The monoisotopic (exact) mass is 238 g/mol. The predicted octanol–water partition coefficient (Wildman–Crippen LogP) is 0.590. The summed E-state index contributed by atoms with van der Waals surface area (Å²) in [6.45, 7) is 0. The number of rotatable bonds is 2. The number of thiocarbonyl (C=S) groups is 1. The van der Waals surface area contributed by atoms with Gasteiger partial charge in [0, 0.05) is 0 Å². The van der Waals surface area contributed by atoms with E-state index in [4.69, 9.17) is 18.0 Å². The summed E-state index contributed by atoms with van der Waals surface area (Å²) in [5, 5.41) is 0. The van der Waals surface area contributed by atoms with Crippen molar-refractivity contribution in [2.75, 3.05) is 0 Å². The first-order valence-corrected chi connectivity index (χ1v) is 6.16. The third-order valence-electron chi connectivity index (χ3n) is 4.18. The van der Waals surface area contributed by atoms with E-state index >= 15 is 0 Å². The molecule has 5 heteroatoms. The second-order valence-corrected chi connectivity index (χ2v) is 5.50. The molecule has 3 rings (SSSR count). The number of nitrogens with zero attached hydrogens (tertiary/aromatic N) is 1. The summed E-state index contributed by atoms with van der Waals surface area (Å²) >= 11 is 5.10. The Labute approximate surface area is 99.2 Å². The largest absolute Gasteiger partial charge is 0.391 e. The van der Waals surface area contributed by atoms with Gasteiger partial charge < -0.3 is 5.73 Å². The number of piperidine rings is 1. The fourth-order valence-electron chi connectivity index (χ4n) is 3.14. The molecule has 1 heterocycles. The third-order valence-corrected chi connectivity index (χ3v) is 4.56. The van der Waals surface area contributed by atoms with Crippen molar-refractivity contribution in [3.05, 3.63) is 0 Å². The van der Waals surface area contributed by atoms with Gasteiger partial charge in [-0.3, -0.25) is 14.5 Å². The van der Waals surface area contributed by atoms with Crippen molar-refractivity contribution >= 4 is 29.0 Å². The van der Waals surface area contributed by atoms with Gasteiger partial charge in [-0.15, -0.1) is 0 Å². The number of likely N-dealkylation sites (tertiary alicyclic amines) is 1. The maximum Gasteiger partial charge on any atom is 0.234 e. The average molecular weight is 238 g/mol. The number of imide groups is 1. The van der Waals surface area contributed by atoms with Crippen molar-refractivity contribution < 1.29 is 9.59 Å². The van der Waals surface area contributed by atoms with Crippen LogP contribution in [0.15, 0.2) is 0 Å². The number of carbonyl (C=O) groups is 2. The van der Waals surface area contributed by atoms with E-state index in [9.17, 15) is 9.59 Å². The topological polar surface area (TPSA) is 63.4 Å². The van der Waals surface area contributed by atoms with Gasteiger partial charge in [-0.05, 0) is 19.3 Å². The van der Waals surface area contributed by atoms with E-state index in [-0.39, 0.29) is 23.7 Å². The molecular weight excluding hydrogens is 224 g/mol. The fraction of sp³-hybridized carbons (Fsp3) is 0.727. The van der Waals surface area contributed by atoms with E-state index in [1.54, 1.807) is 0 Å². The van der Waals surface area contributed by atoms with Gasteiger partial charge in [0.25, 0.3) is 0 Å². The van der Waals surface area contributed by atoms with Crippen LogP contribution in [0.25, 0.3) is 0 Å². The van der Waals surface area contributed by atoms with Crippen molar-refractivity contribution in [2.45, 2.75) is 37.6 Å². The predicted molar refractivity (Wildman–Crippen MR) is 61.4 cm³/mol. The van der Waals surface area contributed by atoms with E-state index in [1.807, 2.05) is 0 Å². The first-order chi connectivity index (χ1) is 7.58. The summed E-state index contributed by atoms with van der Waals surface area (Å²) in [4.78, 5) is 25.8. The van der Waals surface area contributed by atoms with Crippen molar-refractivity contribution in [3.8, 4) is 0 Å². The molecule has 0 bridgehead atoms.